The van der Waals surface area contributed by atoms with Gasteiger partial charge >= 0.3 is 0 Å². The highest BCUT2D eigenvalue weighted by molar-refractivity contribution is 7.92. The maximum absolute atomic E-state index is 12.6. The molecule has 1 saturated heterocycles. The van der Waals surface area contributed by atoms with Crippen molar-refractivity contribution in [1.29, 1.82) is 0 Å². The van der Waals surface area contributed by atoms with E-state index < -0.39 is 15.1 Å². The van der Waals surface area contributed by atoms with Crippen LogP contribution in [0.1, 0.15) is 13.8 Å². The van der Waals surface area contributed by atoms with Crippen LogP contribution in [0.2, 0.25) is 0 Å². The van der Waals surface area contributed by atoms with Crippen LogP contribution in [0, 0.1) is 0 Å². The largest absolute Gasteiger partial charge is 0.369 e. The van der Waals surface area contributed by atoms with Gasteiger partial charge in [0.05, 0.1) is 10.1 Å². The van der Waals surface area contributed by atoms with Crippen LogP contribution in [0.25, 0.3) is 27.9 Å². The number of pyridine rings is 1. The molecular weight excluding hydrogens is 446 g/mol. The zero-order valence-corrected chi connectivity index (χ0v) is 20.5. The standard InChI is InChI=1S/C26H29N5O2S/c1-19(2)34(32,33)23-10-6-21(7-11-23)25-24(12-13-31-26(25)27-18-28-31)20-4-8-22(9-5-20)30-16-14-29(3)15-17-30/h4-13,18-19H,14-17H2,1-3H3. The second-order valence-electron chi connectivity index (χ2n) is 9.09. The highest BCUT2D eigenvalue weighted by atomic mass is 32.2. The fourth-order valence-electron chi connectivity index (χ4n) is 4.41. The first-order valence-corrected chi connectivity index (χ1v) is 13.1. The minimum Gasteiger partial charge on any atom is -0.369 e. The molecule has 3 heterocycles. The maximum atomic E-state index is 12.6. The van der Waals surface area contributed by atoms with E-state index in [9.17, 15) is 8.42 Å². The molecule has 1 aliphatic rings. The number of nitrogens with zero attached hydrogens (tertiary/aromatic N) is 5. The summed E-state index contributed by atoms with van der Waals surface area (Å²) in [6.07, 6.45) is 3.45. The number of hydrogen-bond acceptors (Lipinski definition) is 6. The summed E-state index contributed by atoms with van der Waals surface area (Å²) in [7, 11) is -1.17. The van der Waals surface area contributed by atoms with Crippen molar-refractivity contribution in [3.8, 4) is 22.3 Å². The zero-order chi connectivity index (χ0) is 23.9. The molecule has 0 radical (unpaired) electrons. The van der Waals surface area contributed by atoms with Crippen molar-refractivity contribution in [2.24, 2.45) is 0 Å². The summed E-state index contributed by atoms with van der Waals surface area (Å²) < 4.78 is 26.9. The Balaban J connectivity index is 1.55. The lowest BCUT2D eigenvalue weighted by Gasteiger charge is -2.34. The second-order valence-corrected chi connectivity index (χ2v) is 11.6. The Kier molecular flexibility index (Phi) is 5.87. The van der Waals surface area contributed by atoms with Gasteiger partial charge in [-0.1, -0.05) is 24.3 Å². The van der Waals surface area contributed by atoms with Crippen LogP contribution in [0.5, 0.6) is 0 Å². The first-order valence-electron chi connectivity index (χ1n) is 11.6. The SMILES string of the molecule is CC(C)S(=O)(=O)c1ccc(-c2c(-c3ccc(N4CCN(C)CC4)cc3)ccn3ncnc23)cc1. The Morgan fingerprint density at radius 2 is 1.50 bits per heavy atom. The van der Waals surface area contributed by atoms with E-state index in [1.807, 2.05) is 24.4 Å². The molecule has 0 saturated carbocycles. The number of likely N-dealkylation sites (N-methyl/N-ethyl adjacent to an activating group) is 1. The van der Waals surface area contributed by atoms with E-state index in [0.717, 1.165) is 54.1 Å². The normalized spacial score (nSPS) is 15.4. The minimum absolute atomic E-state index is 0.331. The smallest absolute Gasteiger partial charge is 0.180 e. The van der Waals surface area contributed by atoms with Gasteiger partial charge in [0, 0.05) is 43.6 Å². The summed E-state index contributed by atoms with van der Waals surface area (Å²) in [6.45, 7) is 7.58. The van der Waals surface area contributed by atoms with E-state index in [4.69, 9.17) is 0 Å². The topological polar surface area (TPSA) is 70.8 Å². The Morgan fingerprint density at radius 1 is 0.853 bits per heavy atom. The molecule has 0 N–H and O–H groups in total. The number of rotatable bonds is 5. The second kappa shape index (κ2) is 8.85. The lowest BCUT2D eigenvalue weighted by Crippen LogP contribution is -2.44. The van der Waals surface area contributed by atoms with Crippen molar-refractivity contribution >= 4 is 21.2 Å². The average Bonchev–Trinajstić information content (AvgIpc) is 3.33. The van der Waals surface area contributed by atoms with Crippen LogP contribution in [0.15, 0.2) is 72.0 Å². The number of sulfone groups is 1. The van der Waals surface area contributed by atoms with E-state index in [-0.39, 0.29) is 0 Å². The molecule has 0 spiro atoms. The molecule has 0 amide bonds. The van der Waals surface area contributed by atoms with Crippen molar-refractivity contribution < 1.29 is 8.42 Å². The first kappa shape index (κ1) is 22.6. The number of fused-ring (bicyclic) bond motifs is 1. The summed E-state index contributed by atoms with van der Waals surface area (Å²) in [4.78, 5) is 9.60. The van der Waals surface area contributed by atoms with E-state index in [1.54, 1.807) is 30.5 Å². The van der Waals surface area contributed by atoms with E-state index >= 15 is 0 Å². The van der Waals surface area contributed by atoms with Crippen molar-refractivity contribution in [3.63, 3.8) is 0 Å². The fraction of sp³-hybridized carbons (Fsp3) is 0.308. The van der Waals surface area contributed by atoms with E-state index in [2.05, 4.69) is 51.2 Å². The number of hydrogen-bond donors (Lipinski definition) is 0. The predicted octanol–water partition coefficient (Wildman–Crippen LogP) is 4.00. The van der Waals surface area contributed by atoms with Crippen LogP contribution < -0.4 is 4.90 Å². The molecule has 0 bridgehead atoms. The lowest BCUT2D eigenvalue weighted by molar-refractivity contribution is 0.313. The molecule has 34 heavy (non-hydrogen) atoms. The van der Waals surface area contributed by atoms with E-state index in [0.29, 0.717) is 4.90 Å². The van der Waals surface area contributed by atoms with Crippen LogP contribution in [0.3, 0.4) is 0 Å². The summed E-state index contributed by atoms with van der Waals surface area (Å²) in [5.41, 5.74) is 5.91. The molecule has 0 unspecified atom stereocenters. The van der Waals surface area contributed by atoms with Gasteiger partial charge < -0.3 is 9.80 Å². The molecule has 4 aromatic rings. The van der Waals surface area contributed by atoms with Crippen molar-refractivity contribution in [2.45, 2.75) is 24.0 Å². The van der Waals surface area contributed by atoms with Gasteiger partial charge in [-0.15, -0.1) is 0 Å². The van der Waals surface area contributed by atoms with Gasteiger partial charge in [-0.2, -0.15) is 5.10 Å². The Hall–Kier alpha value is -3.23. The van der Waals surface area contributed by atoms with E-state index in [1.165, 1.54) is 12.0 Å². The molecule has 0 atom stereocenters. The third kappa shape index (κ3) is 4.08. The van der Waals surface area contributed by atoms with Gasteiger partial charge in [-0.25, -0.2) is 17.9 Å². The van der Waals surface area contributed by atoms with Gasteiger partial charge in [0.25, 0.3) is 0 Å². The molecule has 7 nitrogen and oxygen atoms in total. The van der Waals surface area contributed by atoms with Crippen molar-refractivity contribution in [2.75, 3.05) is 38.1 Å². The molecule has 2 aromatic heterocycles. The Labute approximate surface area is 200 Å². The van der Waals surface area contributed by atoms with Crippen LogP contribution in [0.4, 0.5) is 5.69 Å². The highest BCUT2D eigenvalue weighted by Gasteiger charge is 2.20. The van der Waals surface area contributed by atoms with Crippen LogP contribution in [-0.4, -0.2) is 66.4 Å². The molecule has 0 aliphatic carbocycles. The highest BCUT2D eigenvalue weighted by Crippen LogP contribution is 2.36. The summed E-state index contributed by atoms with van der Waals surface area (Å²) in [5, 5.41) is 3.83. The summed E-state index contributed by atoms with van der Waals surface area (Å²) in [5.74, 6) is 0. The molecule has 1 fully saturated rings. The van der Waals surface area contributed by atoms with Gasteiger partial charge in [0.15, 0.2) is 15.5 Å². The molecule has 176 valence electrons. The van der Waals surface area contributed by atoms with Crippen molar-refractivity contribution in [3.05, 3.63) is 67.1 Å². The summed E-state index contributed by atoms with van der Waals surface area (Å²) >= 11 is 0. The summed E-state index contributed by atoms with van der Waals surface area (Å²) in [6, 6.07) is 17.8. The fourth-order valence-corrected chi connectivity index (χ4v) is 5.47. The predicted molar refractivity (Wildman–Crippen MR) is 136 cm³/mol. The number of benzene rings is 2. The lowest BCUT2D eigenvalue weighted by atomic mass is 9.95. The molecule has 8 heteroatoms. The zero-order valence-electron chi connectivity index (χ0n) is 19.7. The van der Waals surface area contributed by atoms with Gasteiger partial charge in [0.2, 0.25) is 0 Å². The van der Waals surface area contributed by atoms with Crippen LogP contribution >= 0.6 is 0 Å². The third-order valence-electron chi connectivity index (χ3n) is 6.59. The number of anilines is 1. The first-order chi connectivity index (χ1) is 16.3. The Bertz CT molecular complexity index is 1400. The van der Waals surface area contributed by atoms with Gasteiger partial charge in [-0.3, -0.25) is 0 Å². The molecule has 1 aliphatic heterocycles. The monoisotopic (exact) mass is 475 g/mol. The van der Waals surface area contributed by atoms with Gasteiger partial charge in [-0.05, 0) is 67.9 Å². The minimum atomic E-state index is -3.33. The third-order valence-corrected chi connectivity index (χ3v) is 8.76. The Morgan fingerprint density at radius 3 is 2.15 bits per heavy atom. The maximum Gasteiger partial charge on any atom is 0.180 e. The van der Waals surface area contributed by atoms with Crippen molar-refractivity contribution in [1.82, 2.24) is 19.5 Å². The average molecular weight is 476 g/mol. The number of piperazine rings is 1. The number of aromatic nitrogens is 3. The quantitative estimate of drug-likeness (QED) is 0.435. The van der Waals surface area contributed by atoms with Gasteiger partial charge in [0.1, 0.15) is 6.33 Å². The molecule has 5 rings (SSSR count). The molecular formula is C26H29N5O2S. The molecule has 2 aromatic carbocycles. The van der Waals surface area contributed by atoms with Crippen LogP contribution in [-0.2, 0) is 9.84 Å².